The Morgan fingerprint density at radius 1 is 1.32 bits per heavy atom. The standard InChI is InChI=1S/C12H14F3NO4S.Li.H/c1-2-3-6-20-11(17)9-7-8(12(13,14)15)4-5-10(9)21(16,18)19;;/h4-5,7H,2-3,6H2,1H3,(H2,16,18,19);;. The van der Waals surface area contributed by atoms with Gasteiger partial charge in [-0.3, -0.25) is 0 Å². The fourth-order valence-electron chi connectivity index (χ4n) is 1.50. The molecule has 2 N–H and O–H groups in total. The van der Waals surface area contributed by atoms with Crippen LogP contribution in [0.15, 0.2) is 23.1 Å². The van der Waals surface area contributed by atoms with Crippen molar-refractivity contribution < 1.29 is 31.1 Å². The van der Waals surface area contributed by atoms with Crippen LogP contribution < -0.4 is 5.14 Å². The minimum absolute atomic E-state index is 0. The molecule has 0 bridgehead atoms. The number of esters is 1. The van der Waals surface area contributed by atoms with E-state index in [1.807, 2.05) is 6.92 Å². The van der Waals surface area contributed by atoms with Gasteiger partial charge in [-0.25, -0.2) is 18.4 Å². The Bertz CT molecular complexity index is 632. The van der Waals surface area contributed by atoms with E-state index in [1.165, 1.54) is 0 Å². The number of ether oxygens (including phenoxy) is 1. The Hall–Kier alpha value is -1.01. The molecule has 0 saturated carbocycles. The predicted octanol–water partition coefficient (Wildman–Crippen LogP) is 1.66. The van der Waals surface area contributed by atoms with Crippen LogP contribution in [0.3, 0.4) is 0 Å². The third-order valence-corrected chi connectivity index (χ3v) is 3.53. The van der Waals surface area contributed by atoms with Gasteiger partial charge in [-0.2, -0.15) is 13.2 Å². The van der Waals surface area contributed by atoms with Crippen molar-refractivity contribution in [3.63, 3.8) is 0 Å². The van der Waals surface area contributed by atoms with Crippen molar-refractivity contribution in [2.75, 3.05) is 6.61 Å². The molecule has 120 valence electrons. The maximum atomic E-state index is 12.6. The van der Waals surface area contributed by atoms with Crippen molar-refractivity contribution in [2.24, 2.45) is 5.14 Å². The van der Waals surface area contributed by atoms with Crippen LogP contribution in [0.1, 0.15) is 35.7 Å². The van der Waals surface area contributed by atoms with E-state index in [2.05, 4.69) is 0 Å². The van der Waals surface area contributed by atoms with Crippen molar-refractivity contribution >= 4 is 34.9 Å². The van der Waals surface area contributed by atoms with Gasteiger partial charge in [0.25, 0.3) is 0 Å². The van der Waals surface area contributed by atoms with E-state index in [0.717, 1.165) is 0 Å². The van der Waals surface area contributed by atoms with Gasteiger partial charge in [0.2, 0.25) is 10.0 Å². The molecule has 0 aliphatic heterocycles. The van der Waals surface area contributed by atoms with Gasteiger partial charge in [-0.1, -0.05) is 13.3 Å². The molecule has 0 radical (unpaired) electrons. The molecule has 0 fully saturated rings. The van der Waals surface area contributed by atoms with Crippen LogP contribution in [0.2, 0.25) is 0 Å². The number of carbonyl (C=O) groups excluding carboxylic acids is 1. The van der Waals surface area contributed by atoms with Gasteiger partial charge in [0.1, 0.15) is 0 Å². The molecule has 0 aliphatic carbocycles. The molecule has 0 spiro atoms. The van der Waals surface area contributed by atoms with Crippen molar-refractivity contribution in [3.8, 4) is 0 Å². The van der Waals surface area contributed by atoms with E-state index in [1.54, 1.807) is 0 Å². The fourth-order valence-corrected chi connectivity index (χ4v) is 2.21. The van der Waals surface area contributed by atoms with Gasteiger partial charge in [0.15, 0.2) is 0 Å². The number of rotatable bonds is 5. The summed E-state index contributed by atoms with van der Waals surface area (Å²) in [6.07, 6.45) is -3.50. The van der Waals surface area contributed by atoms with E-state index in [4.69, 9.17) is 9.88 Å². The SMILES string of the molecule is CCCCOC(=O)c1cc(C(F)(F)F)ccc1S(N)(=O)=O.[LiH]. The summed E-state index contributed by atoms with van der Waals surface area (Å²) < 4.78 is 65.3. The van der Waals surface area contributed by atoms with E-state index in [-0.39, 0.29) is 25.5 Å². The summed E-state index contributed by atoms with van der Waals surface area (Å²) in [5.41, 5.74) is -1.87. The van der Waals surface area contributed by atoms with Crippen molar-refractivity contribution in [1.82, 2.24) is 0 Å². The first-order valence-electron chi connectivity index (χ1n) is 5.98. The molecule has 1 aromatic rings. The average Bonchev–Trinajstić information content (AvgIpc) is 2.36. The Labute approximate surface area is 138 Å². The van der Waals surface area contributed by atoms with Gasteiger partial charge in [-0.05, 0) is 24.6 Å². The van der Waals surface area contributed by atoms with Crippen molar-refractivity contribution in [2.45, 2.75) is 30.8 Å². The zero-order valence-corrected chi connectivity index (χ0v) is 11.9. The number of primary sulfonamides is 1. The van der Waals surface area contributed by atoms with Crippen LogP contribution in [0, 0.1) is 0 Å². The molecular formula is C12H15F3LiNO4S. The number of nitrogens with two attached hydrogens (primary N) is 1. The number of sulfonamides is 1. The Morgan fingerprint density at radius 3 is 2.36 bits per heavy atom. The van der Waals surface area contributed by atoms with Crippen LogP contribution in [0.4, 0.5) is 13.2 Å². The van der Waals surface area contributed by atoms with E-state index in [9.17, 15) is 26.4 Å². The van der Waals surface area contributed by atoms with E-state index >= 15 is 0 Å². The van der Waals surface area contributed by atoms with Gasteiger partial charge < -0.3 is 4.74 Å². The molecular weight excluding hydrogens is 318 g/mol. The molecule has 10 heteroatoms. The normalized spacial score (nSPS) is 11.7. The van der Waals surface area contributed by atoms with Crippen LogP contribution in [-0.4, -0.2) is 39.9 Å². The Kier molecular flexibility index (Phi) is 7.64. The zero-order valence-electron chi connectivity index (χ0n) is 11.1. The van der Waals surface area contributed by atoms with Gasteiger partial charge >= 0.3 is 31.0 Å². The average molecular weight is 333 g/mol. The molecule has 0 aliphatic rings. The molecule has 0 atom stereocenters. The molecule has 0 heterocycles. The zero-order chi connectivity index (χ0) is 16.3. The second-order valence-electron chi connectivity index (χ2n) is 4.24. The summed E-state index contributed by atoms with van der Waals surface area (Å²) in [7, 11) is -4.34. The summed E-state index contributed by atoms with van der Waals surface area (Å²) in [4.78, 5) is 11.1. The van der Waals surface area contributed by atoms with E-state index in [0.29, 0.717) is 31.0 Å². The van der Waals surface area contributed by atoms with Crippen molar-refractivity contribution in [1.29, 1.82) is 0 Å². The number of hydrogen-bond acceptors (Lipinski definition) is 4. The minimum atomic E-state index is -4.71. The third-order valence-electron chi connectivity index (χ3n) is 2.56. The molecule has 0 aromatic heterocycles. The molecule has 0 saturated heterocycles. The van der Waals surface area contributed by atoms with Crippen LogP contribution >= 0.6 is 0 Å². The Balaban J connectivity index is 0.00000441. The number of unbranched alkanes of at least 4 members (excludes halogenated alkanes) is 1. The summed E-state index contributed by atoms with van der Waals surface area (Å²) in [6.45, 7) is 1.81. The quantitative estimate of drug-likeness (QED) is 0.504. The van der Waals surface area contributed by atoms with Crippen LogP contribution in [0.25, 0.3) is 0 Å². The number of benzene rings is 1. The van der Waals surface area contributed by atoms with E-state index < -0.39 is 38.2 Å². The summed E-state index contributed by atoms with van der Waals surface area (Å²) >= 11 is 0. The third kappa shape index (κ3) is 5.65. The number of halogens is 3. The van der Waals surface area contributed by atoms with Gasteiger partial charge in [-0.15, -0.1) is 0 Å². The van der Waals surface area contributed by atoms with Gasteiger partial charge in [0, 0.05) is 0 Å². The number of alkyl halides is 3. The maximum absolute atomic E-state index is 12.6. The molecule has 1 aromatic carbocycles. The second kappa shape index (κ2) is 8.01. The molecule has 1 rings (SSSR count). The first kappa shape index (κ1) is 21.0. The topological polar surface area (TPSA) is 86.5 Å². The molecule has 0 amide bonds. The summed E-state index contributed by atoms with van der Waals surface area (Å²) in [5.74, 6) is -1.15. The fraction of sp³-hybridized carbons (Fsp3) is 0.417. The monoisotopic (exact) mass is 333 g/mol. The molecule has 0 unspecified atom stereocenters. The van der Waals surface area contributed by atoms with Crippen LogP contribution in [0.5, 0.6) is 0 Å². The number of carbonyl (C=O) groups is 1. The summed E-state index contributed by atoms with van der Waals surface area (Å²) in [5, 5.41) is 4.89. The van der Waals surface area contributed by atoms with Gasteiger partial charge in [0.05, 0.1) is 22.6 Å². The molecule has 22 heavy (non-hydrogen) atoms. The van der Waals surface area contributed by atoms with Crippen LogP contribution in [-0.2, 0) is 20.9 Å². The number of hydrogen-bond donors (Lipinski definition) is 1. The first-order chi connectivity index (χ1) is 9.57. The first-order valence-corrected chi connectivity index (χ1v) is 7.53. The van der Waals surface area contributed by atoms with Crippen molar-refractivity contribution in [3.05, 3.63) is 29.3 Å². The second-order valence-corrected chi connectivity index (χ2v) is 5.77. The molecule has 5 nitrogen and oxygen atoms in total. The Morgan fingerprint density at radius 2 is 1.91 bits per heavy atom. The summed E-state index contributed by atoms with van der Waals surface area (Å²) in [6, 6.07) is 1.62. The predicted molar refractivity (Wildman–Crippen MR) is 75.2 cm³/mol.